The number of carboxylic acid groups (broad SMARTS) is 1. The molecule has 0 aliphatic rings. The second-order valence-electron chi connectivity index (χ2n) is 4.71. The number of carboxylic acids is 1. The lowest BCUT2D eigenvalue weighted by molar-refractivity contribution is -0.141. The fraction of sp³-hybridized carbons (Fsp3) is 0.769. The average Bonchev–Trinajstić information content (AvgIpc) is 2.38. The van der Waals surface area contributed by atoms with Gasteiger partial charge in [-0.15, -0.1) is 0 Å². The highest BCUT2D eigenvalue weighted by atomic mass is 16.4. The number of urea groups is 1. The Labute approximate surface area is 119 Å². The Balaban J connectivity index is 3.78. The van der Waals surface area contributed by atoms with Crippen molar-refractivity contribution < 1.29 is 19.5 Å². The second kappa shape index (κ2) is 10.1. The van der Waals surface area contributed by atoms with Crippen LogP contribution in [0.2, 0.25) is 0 Å². The third-order valence-corrected chi connectivity index (χ3v) is 3.01. The topological polar surface area (TPSA) is 108 Å². The molecule has 0 heterocycles. The summed E-state index contributed by atoms with van der Waals surface area (Å²) < 4.78 is 0. The molecule has 0 fully saturated rings. The van der Waals surface area contributed by atoms with E-state index in [1.165, 1.54) is 0 Å². The fourth-order valence-corrected chi connectivity index (χ4v) is 1.42. The Bertz CT molecular complexity index is 334. The summed E-state index contributed by atoms with van der Waals surface area (Å²) in [6, 6.07) is -0.335. The van der Waals surface area contributed by atoms with Gasteiger partial charge >= 0.3 is 12.0 Å². The molecule has 0 aliphatic heterocycles. The third kappa shape index (κ3) is 8.34. The Hall–Kier alpha value is -1.79. The van der Waals surface area contributed by atoms with Crippen molar-refractivity contribution in [1.82, 2.24) is 16.0 Å². The van der Waals surface area contributed by atoms with Crippen LogP contribution in [-0.2, 0) is 9.59 Å². The summed E-state index contributed by atoms with van der Waals surface area (Å²) in [6.45, 7) is 5.93. The van der Waals surface area contributed by atoms with Gasteiger partial charge in [0.25, 0.3) is 0 Å². The molecule has 20 heavy (non-hydrogen) atoms. The molecule has 4 N–H and O–H groups in total. The predicted molar refractivity (Wildman–Crippen MR) is 75.3 cm³/mol. The van der Waals surface area contributed by atoms with Gasteiger partial charge in [-0.25, -0.2) is 4.79 Å². The molecule has 116 valence electrons. The highest BCUT2D eigenvalue weighted by molar-refractivity contribution is 5.78. The Morgan fingerprint density at radius 1 is 1.10 bits per heavy atom. The Morgan fingerprint density at radius 3 is 2.25 bits per heavy atom. The van der Waals surface area contributed by atoms with Gasteiger partial charge < -0.3 is 21.1 Å². The molecule has 0 spiro atoms. The van der Waals surface area contributed by atoms with Gasteiger partial charge in [0.1, 0.15) is 0 Å². The zero-order chi connectivity index (χ0) is 15.5. The van der Waals surface area contributed by atoms with Gasteiger partial charge in [-0.2, -0.15) is 0 Å². The van der Waals surface area contributed by atoms with Crippen LogP contribution in [0.15, 0.2) is 0 Å². The van der Waals surface area contributed by atoms with Gasteiger partial charge in [-0.3, -0.25) is 9.59 Å². The molecule has 0 saturated carbocycles. The van der Waals surface area contributed by atoms with Crippen LogP contribution in [0, 0.1) is 5.92 Å². The molecule has 3 amide bonds. The number of rotatable bonds is 9. The SMILES string of the molecule is CCC(C)NC(=O)CCNC(=O)NCC(CC)C(=O)O. The van der Waals surface area contributed by atoms with Gasteiger partial charge in [-0.05, 0) is 19.8 Å². The van der Waals surface area contributed by atoms with Crippen molar-refractivity contribution in [2.75, 3.05) is 13.1 Å². The monoisotopic (exact) mass is 287 g/mol. The molecule has 7 nitrogen and oxygen atoms in total. The molecule has 0 aromatic carbocycles. The van der Waals surface area contributed by atoms with Crippen molar-refractivity contribution in [2.24, 2.45) is 5.92 Å². The number of nitrogens with one attached hydrogen (secondary N) is 3. The first-order chi connectivity index (χ1) is 9.40. The summed E-state index contributed by atoms with van der Waals surface area (Å²) in [5.74, 6) is -1.63. The molecule has 0 bridgehead atoms. The van der Waals surface area contributed by atoms with Crippen molar-refractivity contribution in [3.63, 3.8) is 0 Å². The summed E-state index contributed by atoms with van der Waals surface area (Å²) in [5.41, 5.74) is 0. The Kier molecular flexibility index (Phi) is 9.15. The number of amides is 3. The van der Waals surface area contributed by atoms with Crippen LogP contribution >= 0.6 is 0 Å². The smallest absolute Gasteiger partial charge is 0.314 e. The highest BCUT2D eigenvalue weighted by Crippen LogP contribution is 1.99. The van der Waals surface area contributed by atoms with E-state index in [2.05, 4.69) is 16.0 Å². The van der Waals surface area contributed by atoms with Crippen molar-refractivity contribution in [1.29, 1.82) is 0 Å². The van der Waals surface area contributed by atoms with E-state index in [4.69, 9.17) is 5.11 Å². The van der Waals surface area contributed by atoms with Crippen LogP contribution in [0.25, 0.3) is 0 Å². The van der Waals surface area contributed by atoms with Crippen molar-refractivity contribution in [2.45, 2.75) is 46.1 Å². The molecular formula is C13H25N3O4. The van der Waals surface area contributed by atoms with E-state index in [0.29, 0.717) is 6.42 Å². The summed E-state index contributed by atoms with van der Waals surface area (Å²) in [7, 11) is 0. The second-order valence-corrected chi connectivity index (χ2v) is 4.71. The van der Waals surface area contributed by atoms with E-state index < -0.39 is 17.9 Å². The molecule has 0 radical (unpaired) electrons. The third-order valence-electron chi connectivity index (χ3n) is 3.01. The molecule has 0 aromatic rings. The number of carbonyl (C=O) groups excluding carboxylic acids is 2. The van der Waals surface area contributed by atoms with Crippen LogP contribution in [-0.4, -0.2) is 42.1 Å². The van der Waals surface area contributed by atoms with E-state index in [0.717, 1.165) is 6.42 Å². The molecular weight excluding hydrogens is 262 g/mol. The molecule has 2 atom stereocenters. The highest BCUT2D eigenvalue weighted by Gasteiger charge is 2.15. The molecule has 2 unspecified atom stereocenters. The summed E-state index contributed by atoms with van der Waals surface area (Å²) >= 11 is 0. The number of carbonyl (C=O) groups is 3. The lowest BCUT2D eigenvalue weighted by atomic mass is 10.1. The molecule has 0 aromatic heterocycles. The van der Waals surface area contributed by atoms with Gasteiger partial charge in [0.2, 0.25) is 5.91 Å². The zero-order valence-corrected chi connectivity index (χ0v) is 12.4. The minimum atomic E-state index is -0.930. The van der Waals surface area contributed by atoms with E-state index in [9.17, 15) is 14.4 Å². The maximum Gasteiger partial charge on any atom is 0.314 e. The minimum Gasteiger partial charge on any atom is -0.481 e. The Morgan fingerprint density at radius 2 is 1.75 bits per heavy atom. The van der Waals surface area contributed by atoms with Crippen LogP contribution < -0.4 is 16.0 Å². The van der Waals surface area contributed by atoms with Crippen LogP contribution in [0.4, 0.5) is 4.79 Å². The van der Waals surface area contributed by atoms with Crippen molar-refractivity contribution in [3.8, 4) is 0 Å². The quantitative estimate of drug-likeness (QED) is 0.500. The van der Waals surface area contributed by atoms with Gasteiger partial charge in [0.05, 0.1) is 5.92 Å². The lowest BCUT2D eigenvalue weighted by Crippen LogP contribution is -2.41. The van der Waals surface area contributed by atoms with Crippen molar-refractivity contribution >= 4 is 17.9 Å². The van der Waals surface area contributed by atoms with Crippen molar-refractivity contribution in [3.05, 3.63) is 0 Å². The maximum atomic E-state index is 11.4. The average molecular weight is 287 g/mol. The number of aliphatic carboxylic acids is 1. The van der Waals surface area contributed by atoms with E-state index in [1.54, 1.807) is 6.92 Å². The standard InChI is InChI=1S/C13H25N3O4/c1-4-9(3)16-11(17)6-7-14-13(20)15-8-10(5-2)12(18)19/h9-10H,4-8H2,1-3H3,(H,16,17)(H,18,19)(H2,14,15,20). The van der Waals surface area contributed by atoms with Gasteiger partial charge in [0, 0.05) is 25.6 Å². The normalized spacial score (nSPS) is 13.2. The maximum absolute atomic E-state index is 11.4. The zero-order valence-electron chi connectivity index (χ0n) is 12.4. The van der Waals surface area contributed by atoms with Crippen LogP contribution in [0.3, 0.4) is 0 Å². The molecule has 0 saturated heterocycles. The largest absolute Gasteiger partial charge is 0.481 e. The predicted octanol–water partition coefficient (Wildman–Crippen LogP) is 0.701. The first-order valence-electron chi connectivity index (χ1n) is 6.94. The number of hydrogen-bond donors (Lipinski definition) is 4. The van der Waals surface area contributed by atoms with Gasteiger partial charge in [-0.1, -0.05) is 13.8 Å². The molecule has 0 aliphatic carbocycles. The van der Waals surface area contributed by atoms with E-state index >= 15 is 0 Å². The summed E-state index contributed by atoms with van der Waals surface area (Å²) in [4.78, 5) is 33.6. The van der Waals surface area contributed by atoms with Crippen LogP contribution in [0.5, 0.6) is 0 Å². The summed E-state index contributed by atoms with van der Waals surface area (Å²) in [6.07, 6.45) is 1.51. The first-order valence-corrected chi connectivity index (χ1v) is 6.94. The van der Waals surface area contributed by atoms with Gasteiger partial charge in [0.15, 0.2) is 0 Å². The summed E-state index contributed by atoms with van der Waals surface area (Å²) in [5, 5.41) is 16.6. The van der Waals surface area contributed by atoms with E-state index in [-0.39, 0.29) is 31.5 Å². The fourth-order valence-electron chi connectivity index (χ4n) is 1.42. The first kappa shape index (κ1) is 18.2. The number of hydrogen-bond acceptors (Lipinski definition) is 3. The molecule has 0 rings (SSSR count). The van der Waals surface area contributed by atoms with Crippen LogP contribution in [0.1, 0.15) is 40.0 Å². The lowest BCUT2D eigenvalue weighted by Gasteiger charge is -2.13. The molecule has 7 heteroatoms. The van der Waals surface area contributed by atoms with E-state index in [1.807, 2.05) is 13.8 Å². The minimum absolute atomic E-state index is 0.0801.